The molecule has 23 heavy (non-hydrogen) atoms. The van der Waals surface area contributed by atoms with Gasteiger partial charge in [0, 0.05) is 26.2 Å². The minimum absolute atomic E-state index is 0. The van der Waals surface area contributed by atoms with E-state index in [-0.39, 0.29) is 56.4 Å². The van der Waals surface area contributed by atoms with Crippen molar-refractivity contribution in [1.82, 2.24) is 0 Å². The molecule has 0 heterocycles. The third-order valence-electron chi connectivity index (χ3n) is 3.83. The van der Waals surface area contributed by atoms with E-state index in [4.69, 9.17) is 23.2 Å². The number of rotatable bonds is 1. The van der Waals surface area contributed by atoms with Crippen LogP contribution < -0.4 is 10.4 Å². The molecule has 0 radical (unpaired) electrons. The first kappa shape index (κ1) is 23.2. The summed E-state index contributed by atoms with van der Waals surface area (Å²) in [5.74, 6) is 0. The van der Waals surface area contributed by atoms with E-state index >= 15 is 0 Å². The van der Waals surface area contributed by atoms with Gasteiger partial charge in [0.15, 0.2) is 0 Å². The summed E-state index contributed by atoms with van der Waals surface area (Å²) in [4.78, 5) is -0.450. The molecule has 1 atom stereocenters. The van der Waals surface area contributed by atoms with Gasteiger partial charge in [-0.2, -0.15) is 16.9 Å². The molecule has 0 spiro atoms. The van der Waals surface area contributed by atoms with Crippen molar-refractivity contribution in [3.63, 3.8) is 0 Å². The van der Waals surface area contributed by atoms with Gasteiger partial charge >= 0.3 is 0 Å². The van der Waals surface area contributed by atoms with Gasteiger partial charge in [0.05, 0.1) is 0 Å². The Bertz CT molecular complexity index is 748. The van der Waals surface area contributed by atoms with Crippen molar-refractivity contribution < 1.29 is 26.2 Å². The van der Waals surface area contributed by atoms with Crippen LogP contribution in [-0.4, -0.2) is 4.84 Å². The van der Waals surface area contributed by atoms with Crippen LogP contribution in [0.3, 0.4) is 0 Å². The van der Waals surface area contributed by atoms with Gasteiger partial charge < -0.3 is 0 Å². The largest absolute Gasteiger partial charge is 0.188 e. The third-order valence-corrected chi connectivity index (χ3v) is 4.73. The van der Waals surface area contributed by atoms with Crippen LogP contribution in [-0.2, 0) is 26.2 Å². The number of fused-ring (bicyclic) bond motifs is 2. The second kappa shape index (κ2) is 9.07. The Morgan fingerprint density at radius 3 is 1.83 bits per heavy atom. The van der Waals surface area contributed by atoms with Gasteiger partial charge in [-0.25, -0.2) is 0 Å². The van der Waals surface area contributed by atoms with Crippen molar-refractivity contribution in [2.45, 2.75) is 18.7 Å². The third kappa shape index (κ3) is 4.65. The molecule has 3 aliphatic carbocycles. The first-order valence-electron chi connectivity index (χ1n) is 6.62. The molecule has 1 unspecified atom stereocenters. The maximum Gasteiger partial charge on any atom is 0.108 e. The molecule has 0 saturated heterocycles. The summed E-state index contributed by atoms with van der Waals surface area (Å²) in [5.41, 5.74) is 3.72. The van der Waals surface area contributed by atoms with Crippen molar-refractivity contribution in [1.29, 1.82) is 0 Å². The number of aryl methyl sites for hydroxylation is 1. The Morgan fingerprint density at radius 2 is 1.48 bits per heavy atom. The van der Waals surface area contributed by atoms with E-state index in [2.05, 4.69) is 55.5 Å². The van der Waals surface area contributed by atoms with Crippen molar-refractivity contribution in [2.24, 2.45) is 5.41 Å². The standard InChI is InChI=1S/C12H11Cl2.C6H4.2ClH.Zr/c1-8-4-3-5-9-6-12(2,11(13)14)7-10(8)9;1-2-6-4-3-5(1)6;;;/h3-6,11H,1-2H3;1-4H;2*1H;/q-1;;;;. The van der Waals surface area contributed by atoms with Crippen LogP contribution in [0.1, 0.15) is 12.5 Å². The summed E-state index contributed by atoms with van der Waals surface area (Å²) in [7, 11) is 0. The van der Waals surface area contributed by atoms with Gasteiger partial charge in [-0.05, 0) is 16.5 Å². The van der Waals surface area contributed by atoms with Gasteiger partial charge in [0.25, 0.3) is 0 Å². The van der Waals surface area contributed by atoms with Crippen LogP contribution in [0, 0.1) is 12.3 Å². The molecule has 5 heteroatoms. The molecule has 0 bridgehead atoms. The van der Waals surface area contributed by atoms with E-state index in [1.54, 1.807) is 0 Å². The van der Waals surface area contributed by atoms with Crippen molar-refractivity contribution in [3.05, 3.63) is 58.5 Å². The molecule has 3 aliphatic rings. The number of halogens is 4. The Balaban J connectivity index is 0.000000457. The molecule has 0 amide bonds. The maximum absolute atomic E-state index is 5.94. The second-order valence-electron chi connectivity index (χ2n) is 5.47. The predicted octanol–water partition coefficient (Wildman–Crippen LogP) is 4.76. The zero-order valence-electron chi connectivity index (χ0n) is 12.8. The van der Waals surface area contributed by atoms with Gasteiger partial charge in [0.1, 0.15) is 4.84 Å². The van der Waals surface area contributed by atoms with Crippen molar-refractivity contribution in [3.8, 4) is 11.1 Å². The summed E-state index contributed by atoms with van der Waals surface area (Å²) < 4.78 is 0. The fraction of sp³-hybridized carbons (Fsp3) is 0.222. The number of alkyl halides is 2. The zero-order valence-corrected chi connectivity index (χ0v) is 18.4. The average Bonchev–Trinajstić information content (AvgIpc) is 2.74. The van der Waals surface area contributed by atoms with Gasteiger partial charge in [-0.1, -0.05) is 44.2 Å². The van der Waals surface area contributed by atoms with Gasteiger partial charge in [0.2, 0.25) is 0 Å². The molecule has 4 rings (SSSR count). The topological polar surface area (TPSA) is 0 Å². The monoisotopic (exact) mass is 463 g/mol. The summed E-state index contributed by atoms with van der Waals surface area (Å²) in [6, 6.07) is 14.7. The minimum atomic E-state index is -0.450. The van der Waals surface area contributed by atoms with Crippen LogP contribution >= 0.6 is 48.0 Å². The van der Waals surface area contributed by atoms with E-state index in [9.17, 15) is 0 Å². The summed E-state index contributed by atoms with van der Waals surface area (Å²) in [6.07, 6.45) is 5.44. The summed E-state index contributed by atoms with van der Waals surface area (Å²) in [5, 5.41) is 2.32. The molecule has 1 aromatic rings. The van der Waals surface area contributed by atoms with E-state index in [1.165, 1.54) is 21.9 Å². The van der Waals surface area contributed by atoms with Gasteiger partial charge in [-0.15, -0.1) is 71.4 Å². The Labute approximate surface area is 178 Å². The van der Waals surface area contributed by atoms with E-state index in [0.717, 1.165) is 5.22 Å². The van der Waals surface area contributed by atoms with Crippen LogP contribution in [0.5, 0.6) is 0 Å². The minimum Gasteiger partial charge on any atom is -0.188 e. The molecule has 0 aromatic heterocycles. The van der Waals surface area contributed by atoms with Gasteiger partial charge in [-0.3, -0.25) is 0 Å². The van der Waals surface area contributed by atoms with E-state index in [0.29, 0.717) is 0 Å². The maximum atomic E-state index is 5.94. The Hall–Kier alpha value is 0.223. The van der Waals surface area contributed by atoms with E-state index in [1.807, 2.05) is 13.0 Å². The normalized spacial score (nSPS) is 17.8. The molecule has 0 fully saturated rings. The number of hydrogen-bond donors (Lipinski definition) is 0. The molecular weight excluding hydrogens is 449 g/mol. The summed E-state index contributed by atoms with van der Waals surface area (Å²) in [6.45, 7) is 4.07. The molecular formula is C18H17Cl4Zr-. The van der Waals surface area contributed by atoms with Crippen LogP contribution in [0.25, 0.3) is 23.3 Å². The second-order valence-corrected chi connectivity index (χ2v) is 6.57. The fourth-order valence-electron chi connectivity index (χ4n) is 2.39. The summed E-state index contributed by atoms with van der Waals surface area (Å²) >= 11 is 11.9. The first-order valence-corrected chi connectivity index (χ1v) is 7.49. The number of hydrogen-bond acceptors (Lipinski definition) is 0. The first-order chi connectivity index (χ1) is 9.49. The molecule has 1 aromatic carbocycles. The Morgan fingerprint density at radius 1 is 0.957 bits per heavy atom. The zero-order chi connectivity index (χ0) is 14.3. The molecule has 122 valence electrons. The van der Waals surface area contributed by atoms with Crippen LogP contribution in [0.2, 0.25) is 0 Å². The fourth-order valence-corrected chi connectivity index (χ4v) is 2.63. The average molecular weight is 466 g/mol. The molecule has 0 saturated carbocycles. The quantitative estimate of drug-likeness (QED) is 0.358. The smallest absolute Gasteiger partial charge is 0.108 e. The molecule has 0 N–H and O–H groups in total. The number of benzene rings is 2. The van der Waals surface area contributed by atoms with Crippen molar-refractivity contribution in [2.75, 3.05) is 0 Å². The van der Waals surface area contributed by atoms with E-state index < -0.39 is 4.84 Å². The Kier molecular flexibility index (Phi) is 9.16. The van der Waals surface area contributed by atoms with Crippen LogP contribution in [0.15, 0.2) is 42.5 Å². The molecule has 0 nitrogen and oxygen atoms in total. The SMILES string of the molecule is Cc1cccc2c1=[C-]C(C)(C(Cl)Cl)C=2.Cl.Cl.[Zr].c1cc2ccc1-2. The molecule has 0 aliphatic heterocycles. The van der Waals surface area contributed by atoms with Crippen LogP contribution in [0.4, 0.5) is 0 Å². The predicted molar refractivity (Wildman–Crippen MR) is 102 cm³/mol. The van der Waals surface area contributed by atoms with Crippen molar-refractivity contribution >= 4 is 60.2 Å².